The van der Waals surface area contributed by atoms with Gasteiger partial charge in [0, 0.05) is 12.7 Å². The maximum atomic E-state index is 13.4. The Balaban J connectivity index is 2.03. The average molecular weight is 422 g/mol. The minimum Gasteiger partial charge on any atom is -0.494 e. The number of nitrogens with one attached hydrogen (secondary N) is 1. The number of ether oxygens (including phenoxy) is 1. The number of aryl methyl sites for hydroxylation is 1. The molecule has 2 aromatic carbocycles. The van der Waals surface area contributed by atoms with Gasteiger partial charge in [0.05, 0.1) is 11.9 Å². The van der Waals surface area contributed by atoms with Crippen LogP contribution in [0.25, 0.3) is 0 Å². The summed E-state index contributed by atoms with van der Waals surface area (Å²) >= 11 is 1.26. The van der Waals surface area contributed by atoms with E-state index < -0.39 is 11.2 Å². The lowest BCUT2D eigenvalue weighted by Crippen LogP contribution is -2.31. The Morgan fingerprint density at radius 1 is 1.23 bits per heavy atom. The van der Waals surface area contributed by atoms with Crippen LogP contribution >= 0.6 is 11.8 Å². The third-order valence-corrected chi connectivity index (χ3v) is 6.07. The summed E-state index contributed by atoms with van der Waals surface area (Å²) < 4.78 is 5.48. The Labute approximate surface area is 180 Å². The van der Waals surface area contributed by atoms with E-state index in [1.165, 1.54) is 23.7 Å². The van der Waals surface area contributed by atoms with E-state index in [1.54, 1.807) is 24.3 Å². The summed E-state index contributed by atoms with van der Waals surface area (Å²) in [5.74, 6) is 0.0219. The van der Waals surface area contributed by atoms with Gasteiger partial charge in [-0.15, -0.1) is 0 Å². The second kappa shape index (κ2) is 9.51. The lowest BCUT2D eigenvalue weighted by molar-refractivity contribution is -0.117. The number of likely N-dealkylation sites (N-methyl/N-ethyl adjacent to an activating group) is 1. The van der Waals surface area contributed by atoms with Gasteiger partial charge in [-0.05, 0) is 55.7 Å². The molecule has 6 nitrogen and oxygen atoms in total. The third-order valence-electron chi connectivity index (χ3n) is 4.81. The number of carbonyl (C=O) groups excluding carboxylic acids is 2. The molecule has 0 bridgehead atoms. The number of rotatable bonds is 6. The molecule has 0 aliphatic carbocycles. The molecule has 1 unspecified atom stereocenters. The largest absolute Gasteiger partial charge is 0.494 e. The summed E-state index contributed by atoms with van der Waals surface area (Å²) in [5.41, 5.74) is 2.68. The normalized spacial score (nSPS) is 17.5. The van der Waals surface area contributed by atoms with Crippen molar-refractivity contribution in [1.82, 2.24) is 5.32 Å². The summed E-state index contributed by atoms with van der Waals surface area (Å²) in [7, 11) is 1.47. The first-order valence-corrected chi connectivity index (χ1v) is 10.5. The zero-order chi connectivity index (χ0) is 21.7. The Bertz CT molecular complexity index is 1020. The van der Waals surface area contributed by atoms with Crippen LogP contribution in [-0.2, 0) is 16.0 Å². The maximum Gasteiger partial charge on any atom is 0.264 e. The topological polar surface area (TPSA) is 82.4 Å². The van der Waals surface area contributed by atoms with Gasteiger partial charge in [0.1, 0.15) is 22.4 Å². The summed E-state index contributed by atoms with van der Waals surface area (Å²) in [4.78, 5) is 27.2. The summed E-state index contributed by atoms with van der Waals surface area (Å²) in [6, 6.07) is 16.9. The summed E-state index contributed by atoms with van der Waals surface area (Å²) in [5, 5.41) is 12.0. The van der Waals surface area contributed by atoms with E-state index in [0.717, 1.165) is 11.1 Å². The minimum atomic E-state index is -0.514. The smallest absolute Gasteiger partial charge is 0.264 e. The molecular weight excluding hydrogens is 398 g/mol. The Morgan fingerprint density at radius 2 is 1.93 bits per heavy atom. The first kappa shape index (κ1) is 21.5. The van der Waals surface area contributed by atoms with E-state index >= 15 is 0 Å². The number of nitriles is 1. The van der Waals surface area contributed by atoms with Crippen molar-refractivity contribution in [2.75, 3.05) is 18.6 Å². The number of anilines is 1. The van der Waals surface area contributed by atoms with Crippen LogP contribution in [0.1, 0.15) is 18.1 Å². The quantitative estimate of drug-likeness (QED) is 0.570. The van der Waals surface area contributed by atoms with Crippen molar-refractivity contribution in [3.8, 4) is 11.8 Å². The lowest BCUT2D eigenvalue weighted by atomic mass is 10.0. The zero-order valence-corrected chi connectivity index (χ0v) is 18.0. The van der Waals surface area contributed by atoms with E-state index in [1.807, 2.05) is 44.2 Å². The number of benzene rings is 2. The molecule has 1 atom stereocenters. The molecule has 0 spiro atoms. The van der Waals surface area contributed by atoms with Crippen molar-refractivity contribution in [2.24, 2.45) is 0 Å². The van der Waals surface area contributed by atoms with Crippen LogP contribution in [0, 0.1) is 18.3 Å². The van der Waals surface area contributed by atoms with Crippen LogP contribution in [-0.4, -0.2) is 30.7 Å². The van der Waals surface area contributed by atoms with Crippen molar-refractivity contribution in [1.29, 1.82) is 5.26 Å². The van der Waals surface area contributed by atoms with Crippen LogP contribution in [0.2, 0.25) is 0 Å². The van der Waals surface area contributed by atoms with E-state index in [9.17, 15) is 14.9 Å². The van der Waals surface area contributed by atoms with Gasteiger partial charge in [0.15, 0.2) is 0 Å². The molecule has 30 heavy (non-hydrogen) atoms. The highest BCUT2D eigenvalue weighted by molar-refractivity contribution is 8.05. The monoisotopic (exact) mass is 421 g/mol. The van der Waals surface area contributed by atoms with E-state index in [0.29, 0.717) is 29.5 Å². The van der Waals surface area contributed by atoms with Crippen molar-refractivity contribution in [2.45, 2.75) is 25.5 Å². The molecule has 0 aromatic heterocycles. The lowest BCUT2D eigenvalue weighted by Gasteiger charge is -2.19. The molecule has 0 radical (unpaired) electrons. The number of thioether (sulfide) groups is 1. The van der Waals surface area contributed by atoms with Crippen molar-refractivity contribution >= 4 is 29.3 Å². The second-order valence-electron chi connectivity index (χ2n) is 6.71. The highest BCUT2D eigenvalue weighted by Crippen LogP contribution is 2.42. The van der Waals surface area contributed by atoms with Crippen LogP contribution < -0.4 is 15.0 Å². The van der Waals surface area contributed by atoms with Gasteiger partial charge in [0.2, 0.25) is 5.91 Å². The Hall–Kier alpha value is -3.24. The first-order valence-electron chi connectivity index (χ1n) is 9.64. The van der Waals surface area contributed by atoms with Crippen LogP contribution in [0.3, 0.4) is 0 Å². The molecule has 2 aromatic rings. The second-order valence-corrected chi connectivity index (χ2v) is 7.90. The van der Waals surface area contributed by atoms with E-state index in [2.05, 4.69) is 5.32 Å². The standard InChI is InChI=1S/C23H23N3O3S/c1-4-29-18-11-9-17(10-12-18)26-22(28)20(13-16-8-6-5-7-15(16)2)30-23(26)19(14-24)21(27)25-3/h5-12,20H,4,13H2,1-3H3,(H,25,27)/b23-19-. The molecule has 1 heterocycles. The predicted octanol–water partition coefficient (Wildman–Crippen LogP) is 3.57. The maximum absolute atomic E-state index is 13.4. The Morgan fingerprint density at radius 3 is 2.53 bits per heavy atom. The average Bonchev–Trinajstić information content (AvgIpc) is 3.06. The molecule has 1 aliphatic rings. The molecule has 7 heteroatoms. The van der Waals surface area contributed by atoms with Gasteiger partial charge in [0.25, 0.3) is 5.91 Å². The predicted molar refractivity (Wildman–Crippen MR) is 118 cm³/mol. The highest BCUT2D eigenvalue weighted by atomic mass is 32.2. The molecule has 3 rings (SSSR count). The fourth-order valence-electron chi connectivity index (χ4n) is 3.24. The number of carbonyl (C=O) groups is 2. The number of hydrogen-bond acceptors (Lipinski definition) is 5. The van der Waals surface area contributed by atoms with Gasteiger partial charge in [-0.1, -0.05) is 36.0 Å². The van der Waals surface area contributed by atoms with Gasteiger partial charge in [-0.2, -0.15) is 5.26 Å². The molecule has 1 aliphatic heterocycles. The summed E-state index contributed by atoms with van der Waals surface area (Å²) in [6.07, 6.45) is 0.514. The molecule has 1 saturated heterocycles. The van der Waals surface area contributed by atoms with Crippen LogP contribution in [0.15, 0.2) is 59.1 Å². The van der Waals surface area contributed by atoms with Crippen LogP contribution in [0.5, 0.6) is 5.75 Å². The Kier molecular flexibility index (Phi) is 6.80. The molecule has 1 fully saturated rings. The number of nitrogens with zero attached hydrogens (tertiary/aromatic N) is 2. The van der Waals surface area contributed by atoms with Crippen molar-refractivity contribution < 1.29 is 14.3 Å². The zero-order valence-electron chi connectivity index (χ0n) is 17.1. The third kappa shape index (κ3) is 4.34. The SMILES string of the molecule is CCOc1ccc(N2C(=O)C(Cc3ccccc3C)S/C2=C(/C#N)C(=O)NC)cc1. The van der Waals surface area contributed by atoms with E-state index in [-0.39, 0.29) is 11.5 Å². The molecule has 154 valence electrons. The molecule has 0 saturated carbocycles. The van der Waals surface area contributed by atoms with Crippen LogP contribution in [0.4, 0.5) is 5.69 Å². The van der Waals surface area contributed by atoms with Crippen molar-refractivity contribution in [3.05, 3.63) is 70.3 Å². The highest BCUT2D eigenvalue weighted by Gasteiger charge is 2.40. The van der Waals surface area contributed by atoms with Gasteiger partial charge < -0.3 is 10.1 Å². The van der Waals surface area contributed by atoms with Gasteiger partial charge in [-0.3, -0.25) is 14.5 Å². The fourth-order valence-corrected chi connectivity index (χ4v) is 4.54. The summed E-state index contributed by atoms with van der Waals surface area (Å²) in [6.45, 7) is 4.44. The minimum absolute atomic E-state index is 0.0722. The van der Waals surface area contributed by atoms with E-state index in [4.69, 9.17) is 4.74 Å². The number of hydrogen-bond donors (Lipinski definition) is 1. The number of amides is 2. The molecule has 2 amide bonds. The van der Waals surface area contributed by atoms with Gasteiger partial charge >= 0.3 is 0 Å². The van der Waals surface area contributed by atoms with Crippen molar-refractivity contribution in [3.63, 3.8) is 0 Å². The van der Waals surface area contributed by atoms with Gasteiger partial charge in [-0.25, -0.2) is 0 Å². The first-order chi connectivity index (χ1) is 14.5. The molecular formula is C23H23N3O3S. The fraction of sp³-hybridized carbons (Fsp3) is 0.261. The molecule has 1 N–H and O–H groups in total.